The molecule has 1 fully saturated rings. The van der Waals surface area contributed by atoms with E-state index in [1.165, 1.54) is 12.8 Å². The average Bonchev–Trinajstić information content (AvgIpc) is 3.19. The maximum atomic E-state index is 6.01. The first-order valence-corrected chi connectivity index (χ1v) is 8.79. The molecule has 2 aromatic heterocycles. The highest BCUT2D eigenvalue weighted by molar-refractivity contribution is 9.10. The predicted molar refractivity (Wildman–Crippen MR) is 88.8 cm³/mol. The van der Waals surface area contributed by atoms with Crippen LogP contribution < -0.4 is 5.32 Å². The van der Waals surface area contributed by atoms with Crippen LogP contribution in [0.1, 0.15) is 37.8 Å². The zero-order valence-corrected chi connectivity index (χ0v) is 14.3. The molecule has 1 aliphatic rings. The molecule has 0 amide bonds. The second-order valence-corrected chi connectivity index (χ2v) is 7.07. The minimum Gasteiger partial charge on any atom is -0.369 e. The van der Waals surface area contributed by atoms with Crippen LogP contribution in [0.4, 0.5) is 5.82 Å². The lowest BCUT2D eigenvalue weighted by Crippen LogP contribution is -2.06. The molecule has 0 spiro atoms. The van der Waals surface area contributed by atoms with E-state index in [1.807, 2.05) is 11.4 Å². The summed E-state index contributed by atoms with van der Waals surface area (Å²) in [6.45, 7) is 3.05. The van der Waals surface area contributed by atoms with Gasteiger partial charge in [0.15, 0.2) is 5.82 Å². The van der Waals surface area contributed by atoms with Gasteiger partial charge in [-0.25, -0.2) is 9.97 Å². The van der Waals surface area contributed by atoms with Crippen molar-refractivity contribution < 1.29 is 0 Å². The number of anilines is 1. The van der Waals surface area contributed by atoms with Crippen molar-refractivity contribution >= 4 is 44.7 Å². The number of nitrogens with one attached hydrogen (secondary N) is 1. The summed E-state index contributed by atoms with van der Waals surface area (Å²) >= 11 is 11.2. The molecule has 0 unspecified atom stereocenters. The highest BCUT2D eigenvalue weighted by Gasteiger charge is 2.29. The van der Waals surface area contributed by atoms with Gasteiger partial charge >= 0.3 is 0 Å². The second kappa shape index (κ2) is 6.00. The largest absolute Gasteiger partial charge is 0.369 e. The molecule has 2 heterocycles. The number of aromatic nitrogens is 2. The van der Waals surface area contributed by atoms with Gasteiger partial charge in [-0.2, -0.15) is 0 Å². The van der Waals surface area contributed by atoms with Crippen molar-refractivity contribution in [3.8, 4) is 10.7 Å². The van der Waals surface area contributed by atoms with E-state index in [1.54, 1.807) is 11.3 Å². The van der Waals surface area contributed by atoms with Crippen LogP contribution >= 0.6 is 38.9 Å². The van der Waals surface area contributed by atoms with Crippen LogP contribution in [0.5, 0.6) is 0 Å². The van der Waals surface area contributed by atoms with Crippen LogP contribution in [0.2, 0.25) is 5.02 Å². The number of halogens is 2. The van der Waals surface area contributed by atoms with E-state index in [9.17, 15) is 0 Å². The summed E-state index contributed by atoms with van der Waals surface area (Å²) in [7, 11) is 0. The zero-order valence-electron chi connectivity index (χ0n) is 11.1. The first kappa shape index (κ1) is 14.3. The third-order valence-corrected chi connectivity index (χ3v) is 5.23. The van der Waals surface area contributed by atoms with Crippen LogP contribution in [0, 0.1) is 0 Å². The molecule has 0 bridgehead atoms. The number of hydrogen-bond donors (Lipinski definition) is 1. The van der Waals surface area contributed by atoms with Crippen LogP contribution in [-0.4, -0.2) is 16.5 Å². The maximum absolute atomic E-state index is 6.01. The summed E-state index contributed by atoms with van der Waals surface area (Å²) in [5.41, 5.74) is 1.12. The lowest BCUT2D eigenvalue weighted by atomic mass is 10.2. The molecule has 3 rings (SSSR count). The molecule has 0 saturated heterocycles. The highest BCUT2D eigenvalue weighted by Crippen LogP contribution is 2.44. The Morgan fingerprint density at radius 3 is 2.85 bits per heavy atom. The van der Waals surface area contributed by atoms with Crippen molar-refractivity contribution in [2.24, 2.45) is 0 Å². The molecule has 106 valence electrons. The van der Waals surface area contributed by atoms with E-state index in [-0.39, 0.29) is 0 Å². The SMILES string of the molecule is CCCNc1nc(-c2cc(Cl)cs2)nc(C2CC2)c1Br. The smallest absolute Gasteiger partial charge is 0.172 e. The van der Waals surface area contributed by atoms with Gasteiger partial charge in [0.2, 0.25) is 0 Å². The van der Waals surface area contributed by atoms with Crippen molar-refractivity contribution in [2.75, 3.05) is 11.9 Å². The van der Waals surface area contributed by atoms with E-state index in [0.717, 1.165) is 44.7 Å². The van der Waals surface area contributed by atoms with Crippen molar-refractivity contribution in [3.63, 3.8) is 0 Å². The van der Waals surface area contributed by atoms with Crippen molar-refractivity contribution in [2.45, 2.75) is 32.1 Å². The van der Waals surface area contributed by atoms with E-state index in [2.05, 4.69) is 33.2 Å². The van der Waals surface area contributed by atoms with Crippen LogP contribution in [0.3, 0.4) is 0 Å². The summed E-state index contributed by atoms with van der Waals surface area (Å²) in [5.74, 6) is 2.23. The Labute approximate surface area is 135 Å². The molecular formula is C14H15BrClN3S. The summed E-state index contributed by atoms with van der Waals surface area (Å²) < 4.78 is 1.01. The van der Waals surface area contributed by atoms with Gasteiger partial charge in [-0.15, -0.1) is 11.3 Å². The van der Waals surface area contributed by atoms with Gasteiger partial charge in [0.25, 0.3) is 0 Å². The molecule has 1 saturated carbocycles. The van der Waals surface area contributed by atoms with Gasteiger partial charge < -0.3 is 5.32 Å². The number of thiophene rings is 1. The molecule has 0 aliphatic heterocycles. The van der Waals surface area contributed by atoms with Crippen molar-refractivity contribution in [3.05, 3.63) is 26.6 Å². The van der Waals surface area contributed by atoms with E-state index in [0.29, 0.717) is 5.92 Å². The topological polar surface area (TPSA) is 37.8 Å². The Balaban J connectivity index is 2.03. The predicted octanol–water partition coefficient (Wildman–Crippen LogP) is 5.32. The number of hydrogen-bond acceptors (Lipinski definition) is 4. The normalized spacial score (nSPS) is 14.6. The molecule has 1 N–H and O–H groups in total. The molecule has 3 nitrogen and oxygen atoms in total. The molecule has 6 heteroatoms. The Bertz CT molecular complexity index is 625. The monoisotopic (exact) mass is 371 g/mol. The van der Waals surface area contributed by atoms with Gasteiger partial charge in [0, 0.05) is 17.8 Å². The molecule has 2 aromatic rings. The first-order valence-electron chi connectivity index (χ1n) is 6.74. The molecule has 0 radical (unpaired) electrons. The molecule has 0 aromatic carbocycles. The fourth-order valence-electron chi connectivity index (χ4n) is 1.99. The highest BCUT2D eigenvalue weighted by atomic mass is 79.9. The summed E-state index contributed by atoms with van der Waals surface area (Å²) in [6.07, 6.45) is 3.50. The minimum absolute atomic E-state index is 0.573. The summed E-state index contributed by atoms with van der Waals surface area (Å²) in [4.78, 5) is 10.4. The van der Waals surface area contributed by atoms with Crippen molar-refractivity contribution in [1.82, 2.24) is 9.97 Å². The molecule has 0 atom stereocenters. The average molecular weight is 373 g/mol. The van der Waals surface area contributed by atoms with Crippen molar-refractivity contribution in [1.29, 1.82) is 0 Å². The number of nitrogens with zero attached hydrogens (tertiary/aromatic N) is 2. The quantitative estimate of drug-likeness (QED) is 0.771. The first-order chi connectivity index (χ1) is 9.69. The van der Waals surface area contributed by atoms with Crippen LogP contribution in [0.25, 0.3) is 10.7 Å². The standard InChI is InChI=1S/C14H15BrClN3S/c1-2-5-17-14-11(15)12(8-3-4-8)18-13(19-14)10-6-9(16)7-20-10/h6-8H,2-5H2,1H3,(H,17,18,19). The Kier molecular flexibility index (Phi) is 4.29. The minimum atomic E-state index is 0.573. The van der Waals surface area contributed by atoms with Gasteiger partial charge in [-0.3, -0.25) is 0 Å². The lowest BCUT2D eigenvalue weighted by molar-refractivity contribution is 0.941. The van der Waals surface area contributed by atoms with E-state index >= 15 is 0 Å². The van der Waals surface area contributed by atoms with Gasteiger partial charge in [-0.05, 0) is 41.3 Å². The molecular weight excluding hydrogens is 358 g/mol. The lowest BCUT2D eigenvalue weighted by Gasteiger charge is -2.11. The third kappa shape index (κ3) is 3.00. The number of rotatable bonds is 5. The third-order valence-electron chi connectivity index (χ3n) is 3.17. The van der Waals surface area contributed by atoms with E-state index in [4.69, 9.17) is 16.6 Å². The fourth-order valence-corrected chi connectivity index (χ4v) is 3.64. The fraction of sp³-hybridized carbons (Fsp3) is 0.429. The molecule has 20 heavy (non-hydrogen) atoms. The maximum Gasteiger partial charge on any atom is 0.172 e. The van der Waals surface area contributed by atoms with Crippen LogP contribution in [-0.2, 0) is 0 Å². The summed E-state index contributed by atoms with van der Waals surface area (Å²) in [5, 5.41) is 6.03. The van der Waals surface area contributed by atoms with E-state index < -0.39 is 0 Å². The Morgan fingerprint density at radius 2 is 2.25 bits per heavy atom. The Morgan fingerprint density at radius 1 is 1.45 bits per heavy atom. The van der Waals surface area contributed by atoms with Gasteiger partial charge in [-0.1, -0.05) is 18.5 Å². The molecule has 1 aliphatic carbocycles. The van der Waals surface area contributed by atoms with Gasteiger partial charge in [0.1, 0.15) is 5.82 Å². The van der Waals surface area contributed by atoms with Gasteiger partial charge in [0.05, 0.1) is 20.1 Å². The Hall–Kier alpha value is -0.650. The van der Waals surface area contributed by atoms with Crippen LogP contribution in [0.15, 0.2) is 15.9 Å². The summed E-state index contributed by atoms with van der Waals surface area (Å²) in [6, 6.07) is 1.93. The zero-order chi connectivity index (χ0) is 14.1. The second-order valence-electron chi connectivity index (χ2n) is 4.93.